The van der Waals surface area contributed by atoms with Crippen molar-refractivity contribution >= 4 is 41.1 Å². The van der Waals surface area contributed by atoms with Crippen LogP contribution in [-0.4, -0.2) is 87.2 Å². The van der Waals surface area contributed by atoms with Crippen LogP contribution in [0.4, 0.5) is 4.79 Å². The first-order chi connectivity index (χ1) is 28.6. The molecule has 0 spiro atoms. The van der Waals surface area contributed by atoms with E-state index in [1.807, 2.05) is 95.6 Å². The van der Waals surface area contributed by atoms with E-state index in [4.69, 9.17) is 15.2 Å². The fourth-order valence-corrected chi connectivity index (χ4v) is 8.00. The normalized spacial score (nSPS) is 17.5. The summed E-state index contributed by atoms with van der Waals surface area (Å²) in [6, 6.07) is 13.3. The van der Waals surface area contributed by atoms with Gasteiger partial charge in [-0.05, 0) is 94.9 Å². The number of amides is 5. The molecule has 2 heterocycles. The van der Waals surface area contributed by atoms with Crippen molar-refractivity contribution in [3.05, 3.63) is 76.4 Å². The Hall–Kier alpha value is -4.86. The summed E-state index contributed by atoms with van der Waals surface area (Å²) in [5, 5.41) is 19.4. The fourth-order valence-electron chi connectivity index (χ4n) is 7.19. The van der Waals surface area contributed by atoms with Crippen molar-refractivity contribution in [1.29, 1.82) is 0 Å². The summed E-state index contributed by atoms with van der Waals surface area (Å²) < 4.78 is 11.4. The Kier molecular flexibility index (Phi) is 17.4. The van der Waals surface area contributed by atoms with Gasteiger partial charge in [0, 0.05) is 25.8 Å². The van der Waals surface area contributed by atoms with Gasteiger partial charge < -0.3 is 41.2 Å². The van der Waals surface area contributed by atoms with Gasteiger partial charge in [-0.1, -0.05) is 69.3 Å². The molecule has 0 radical (unpaired) electrons. The quantitative estimate of drug-likeness (QED) is 0.0862. The van der Waals surface area contributed by atoms with Gasteiger partial charge in [-0.15, -0.1) is 11.3 Å². The van der Waals surface area contributed by atoms with Gasteiger partial charge in [-0.2, -0.15) is 0 Å². The van der Waals surface area contributed by atoms with E-state index in [0.717, 1.165) is 45.7 Å². The molecule has 5 amide bonds. The third-order valence-electron chi connectivity index (χ3n) is 10.7. The summed E-state index contributed by atoms with van der Waals surface area (Å²) >= 11 is 1.58. The number of hydrogen-bond donors (Lipinski definition) is 5. The second kappa shape index (κ2) is 21.8. The Morgan fingerprint density at radius 1 is 0.918 bits per heavy atom. The number of nitrogens with two attached hydrogens (primary N) is 1. The zero-order valence-electron chi connectivity index (χ0n) is 37.2. The summed E-state index contributed by atoms with van der Waals surface area (Å²) in [5.41, 5.74) is 10.8. The number of nitrogens with zero attached hydrogens (tertiary/aromatic N) is 2. The van der Waals surface area contributed by atoms with Crippen LogP contribution in [0, 0.1) is 12.3 Å². The van der Waals surface area contributed by atoms with Gasteiger partial charge in [-0.25, -0.2) is 9.78 Å². The average molecular weight is 863 g/mol. The number of carbonyl (C=O) groups is 5. The van der Waals surface area contributed by atoms with E-state index < -0.39 is 59.3 Å². The standard InChI is InChI=1S/C46H66N6O8S/c1-28(33-18-20-34(21-19-33)40-29(2)48-27-61-40)49-42(56)37-24-35(53)25-52(37)43(57)41(45(4,5)6)51-39(55)13-11-10-12-31-14-16-32(17-15-31)26-59-30(3)36(22-23-38(47)54)50-44(58)60-46(7,8)9/h14-21,27-28,30,35-37,41,53H,10-13,22-26H2,1-9H3,(H2,47,54)(H,49,56)(H,50,58)(H,51,55)/t28-,30+,35-,36-,37-,41+/m0/s1. The van der Waals surface area contributed by atoms with E-state index in [-0.39, 0.29) is 43.7 Å². The molecule has 1 saturated heterocycles. The van der Waals surface area contributed by atoms with Gasteiger partial charge in [0.05, 0.1) is 47.0 Å². The summed E-state index contributed by atoms with van der Waals surface area (Å²) in [5.74, 6) is -1.47. The first kappa shape index (κ1) is 48.8. The molecule has 0 bridgehead atoms. The molecule has 61 heavy (non-hydrogen) atoms. The maximum atomic E-state index is 14.1. The Morgan fingerprint density at radius 2 is 1.57 bits per heavy atom. The van der Waals surface area contributed by atoms with Crippen molar-refractivity contribution in [3.8, 4) is 10.4 Å². The largest absolute Gasteiger partial charge is 0.444 e. The van der Waals surface area contributed by atoms with Gasteiger partial charge in [0.1, 0.15) is 17.7 Å². The molecule has 1 aliphatic rings. The van der Waals surface area contributed by atoms with Crippen LogP contribution in [0.25, 0.3) is 10.4 Å². The lowest BCUT2D eigenvalue weighted by atomic mass is 9.85. The van der Waals surface area contributed by atoms with Crippen LogP contribution in [0.5, 0.6) is 0 Å². The minimum atomic E-state index is -0.898. The molecular formula is C46H66N6O8S. The number of β-amino-alcohol motifs (C(OH)–C–C–N with tert-alkyl or cyclic N) is 1. The number of rotatable bonds is 19. The highest BCUT2D eigenvalue weighted by atomic mass is 32.1. The highest BCUT2D eigenvalue weighted by molar-refractivity contribution is 7.13. The van der Waals surface area contributed by atoms with Crippen LogP contribution in [0.15, 0.2) is 54.0 Å². The molecule has 1 aliphatic heterocycles. The van der Waals surface area contributed by atoms with Gasteiger partial charge in [0.2, 0.25) is 23.6 Å². The van der Waals surface area contributed by atoms with Gasteiger partial charge in [0.15, 0.2) is 0 Å². The lowest BCUT2D eigenvalue weighted by molar-refractivity contribution is -0.144. The molecule has 334 valence electrons. The van der Waals surface area contributed by atoms with Crippen molar-refractivity contribution in [3.63, 3.8) is 0 Å². The van der Waals surface area contributed by atoms with Crippen molar-refractivity contribution in [1.82, 2.24) is 25.8 Å². The van der Waals surface area contributed by atoms with Crippen molar-refractivity contribution in [2.75, 3.05) is 6.54 Å². The molecule has 0 unspecified atom stereocenters. The van der Waals surface area contributed by atoms with Crippen LogP contribution in [0.3, 0.4) is 0 Å². The topological polar surface area (TPSA) is 202 Å². The Labute approximate surface area is 364 Å². The van der Waals surface area contributed by atoms with Crippen LogP contribution in [-0.2, 0) is 41.7 Å². The number of alkyl carbamates (subject to hydrolysis) is 1. The summed E-state index contributed by atoms with van der Waals surface area (Å²) in [4.78, 5) is 71.7. The summed E-state index contributed by atoms with van der Waals surface area (Å²) in [7, 11) is 0. The molecule has 2 aromatic carbocycles. The van der Waals surface area contributed by atoms with E-state index in [1.165, 1.54) is 4.90 Å². The number of unbranched alkanes of at least 4 members (excludes halogenated alkanes) is 1. The molecule has 0 saturated carbocycles. The third kappa shape index (κ3) is 15.2. The number of primary amides is 1. The Bertz CT molecular complexity index is 1940. The number of likely N-dealkylation sites (tertiary alicyclic amines) is 1. The van der Waals surface area contributed by atoms with Gasteiger partial charge in [-0.3, -0.25) is 19.2 Å². The van der Waals surface area contributed by atoms with Gasteiger partial charge in [0.25, 0.3) is 0 Å². The molecule has 1 aromatic heterocycles. The fraction of sp³-hybridized carbons (Fsp3) is 0.565. The predicted molar refractivity (Wildman–Crippen MR) is 236 cm³/mol. The maximum Gasteiger partial charge on any atom is 0.407 e. The first-order valence-electron chi connectivity index (χ1n) is 21.2. The zero-order valence-corrected chi connectivity index (χ0v) is 38.0. The van der Waals surface area contributed by atoms with Crippen molar-refractivity contribution in [2.45, 2.75) is 156 Å². The van der Waals surface area contributed by atoms with Crippen molar-refractivity contribution < 1.29 is 38.6 Å². The molecule has 6 atom stereocenters. The van der Waals surface area contributed by atoms with E-state index in [2.05, 4.69) is 20.9 Å². The number of benzene rings is 2. The molecular weight excluding hydrogens is 797 g/mol. The zero-order chi connectivity index (χ0) is 45.1. The molecule has 6 N–H and O–H groups in total. The molecule has 4 rings (SSSR count). The molecule has 14 nitrogen and oxygen atoms in total. The third-order valence-corrected chi connectivity index (χ3v) is 11.7. The number of aliphatic hydroxyl groups excluding tert-OH is 1. The van der Waals surface area contributed by atoms with Crippen LogP contribution >= 0.6 is 11.3 Å². The Balaban J connectivity index is 1.25. The number of thiazole rings is 1. The van der Waals surface area contributed by atoms with Crippen LogP contribution in [0.1, 0.15) is 122 Å². The first-order valence-corrected chi connectivity index (χ1v) is 22.0. The van der Waals surface area contributed by atoms with E-state index in [0.29, 0.717) is 19.4 Å². The second-order valence-corrected chi connectivity index (χ2v) is 19.0. The number of hydrogen-bond acceptors (Lipinski definition) is 10. The highest BCUT2D eigenvalue weighted by Gasteiger charge is 2.44. The molecule has 0 aliphatic carbocycles. The number of aliphatic hydroxyl groups is 1. The Morgan fingerprint density at radius 3 is 2.16 bits per heavy atom. The summed E-state index contributed by atoms with van der Waals surface area (Å²) in [6.07, 6.45) is 0.968. The number of aromatic nitrogens is 1. The number of carbonyl (C=O) groups excluding carboxylic acids is 5. The maximum absolute atomic E-state index is 14.1. The molecule has 3 aromatic rings. The lowest BCUT2D eigenvalue weighted by Crippen LogP contribution is -2.57. The highest BCUT2D eigenvalue weighted by Crippen LogP contribution is 2.30. The van der Waals surface area contributed by atoms with Crippen LogP contribution < -0.4 is 21.7 Å². The average Bonchev–Trinajstić information content (AvgIpc) is 3.80. The van der Waals surface area contributed by atoms with E-state index in [1.54, 1.807) is 32.1 Å². The van der Waals surface area contributed by atoms with E-state index in [9.17, 15) is 29.1 Å². The number of nitrogens with one attached hydrogen (secondary N) is 3. The smallest absolute Gasteiger partial charge is 0.407 e. The second-order valence-electron chi connectivity index (χ2n) is 18.2. The van der Waals surface area contributed by atoms with Gasteiger partial charge >= 0.3 is 6.09 Å². The molecule has 15 heteroatoms. The predicted octanol–water partition coefficient (Wildman–Crippen LogP) is 6.27. The monoisotopic (exact) mass is 862 g/mol. The molecule has 1 fully saturated rings. The minimum Gasteiger partial charge on any atom is -0.444 e. The lowest BCUT2D eigenvalue weighted by Gasteiger charge is -2.35. The van der Waals surface area contributed by atoms with E-state index >= 15 is 0 Å². The number of aryl methyl sites for hydroxylation is 2. The SMILES string of the molecule is Cc1ncsc1-c1ccc([C@H](C)NC(=O)[C@@H]2C[C@H](O)CN2C(=O)[C@@H](NC(=O)CCCCc2ccc(CO[C@H](C)[C@H](CCC(N)=O)NC(=O)OC(C)(C)C)cc2)C(C)(C)C)cc1. The summed E-state index contributed by atoms with van der Waals surface area (Å²) in [6.45, 7) is 16.9. The number of ether oxygens (including phenoxy) is 2. The minimum absolute atomic E-state index is 0.00335. The van der Waals surface area contributed by atoms with Crippen molar-refractivity contribution in [2.24, 2.45) is 11.1 Å². The van der Waals surface area contributed by atoms with Crippen LogP contribution in [0.2, 0.25) is 0 Å².